The predicted octanol–water partition coefficient (Wildman–Crippen LogP) is 1.09. The summed E-state index contributed by atoms with van der Waals surface area (Å²) in [4.78, 5) is 0. The van der Waals surface area contributed by atoms with Crippen LogP contribution in [0.5, 0.6) is 0 Å². The molecule has 0 heterocycles. The van der Waals surface area contributed by atoms with E-state index >= 15 is 0 Å². The maximum absolute atomic E-state index is 11.9. The molecular formula is C10H18FNO. The fourth-order valence-corrected chi connectivity index (χ4v) is 2.62. The fourth-order valence-electron chi connectivity index (χ4n) is 2.62. The Hall–Kier alpha value is -0.150. The van der Waals surface area contributed by atoms with E-state index < -0.39 is 12.8 Å². The summed E-state index contributed by atoms with van der Waals surface area (Å²) >= 11 is 0. The van der Waals surface area contributed by atoms with Crippen LogP contribution in [-0.2, 0) is 0 Å². The summed E-state index contributed by atoms with van der Waals surface area (Å²) in [6.45, 7) is -0.205. The number of halogens is 1. The first kappa shape index (κ1) is 9.41. The van der Waals surface area contributed by atoms with E-state index in [9.17, 15) is 4.39 Å². The largest absolute Gasteiger partial charge is 0.389 e. The molecule has 2 nitrogen and oxygen atoms in total. The molecule has 0 amide bonds. The highest BCUT2D eigenvalue weighted by atomic mass is 19.1. The van der Waals surface area contributed by atoms with Crippen molar-refractivity contribution in [2.24, 2.45) is 11.8 Å². The van der Waals surface area contributed by atoms with Crippen LogP contribution in [0, 0.1) is 11.8 Å². The van der Waals surface area contributed by atoms with Crippen molar-refractivity contribution in [1.82, 2.24) is 5.32 Å². The van der Waals surface area contributed by atoms with E-state index in [-0.39, 0.29) is 0 Å². The van der Waals surface area contributed by atoms with Gasteiger partial charge in [0.25, 0.3) is 0 Å². The van der Waals surface area contributed by atoms with Gasteiger partial charge in [0.2, 0.25) is 0 Å². The minimum atomic E-state index is -0.803. The van der Waals surface area contributed by atoms with Crippen LogP contribution < -0.4 is 5.32 Å². The molecule has 2 N–H and O–H groups in total. The Bertz CT molecular complexity index is 164. The van der Waals surface area contributed by atoms with Gasteiger partial charge in [0.1, 0.15) is 6.67 Å². The SMILES string of the molecule is OC(CF)CNC1C2CCCCC21. The summed E-state index contributed by atoms with van der Waals surface area (Å²) < 4.78 is 11.9. The van der Waals surface area contributed by atoms with Gasteiger partial charge >= 0.3 is 0 Å². The topological polar surface area (TPSA) is 32.3 Å². The maximum Gasteiger partial charge on any atom is 0.117 e. The van der Waals surface area contributed by atoms with Gasteiger partial charge in [-0.05, 0) is 24.7 Å². The van der Waals surface area contributed by atoms with Crippen LogP contribution in [-0.4, -0.2) is 30.5 Å². The lowest BCUT2D eigenvalue weighted by molar-refractivity contribution is 0.136. The van der Waals surface area contributed by atoms with Crippen LogP contribution in [0.15, 0.2) is 0 Å². The minimum absolute atomic E-state index is 0.425. The van der Waals surface area contributed by atoms with E-state index in [1.807, 2.05) is 0 Å². The van der Waals surface area contributed by atoms with Gasteiger partial charge in [-0.15, -0.1) is 0 Å². The predicted molar refractivity (Wildman–Crippen MR) is 49.2 cm³/mol. The van der Waals surface area contributed by atoms with Crippen molar-refractivity contribution < 1.29 is 9.50 Å². The summed E-state index contributed by atoms with van der Waals surface area (Å²) in [5, 5.41) is 12.3. The number of hydrogen-bond acceptors (Lipinski definition) is 2. The van der Waals surface area contributed by atoms with Crippen LogP contribution in [0.25, 0.3) is 0 Å². The van der Waals surface area contributed by atoms with Gasteiger partial charge in [-0.25, -0.2) is 4.39 Å². The molecule has 76 valence electrons. The average molecular weight is 187 g/mol. The molecule has 0 aromatic carbocycles. The van der Waals surface area contributed by atoms with Crippen LogP contribution >= 0.6 is 0 Å². The van der Waals surface area contributed by atoms with Crippen molar-refractivity contribution in [3.05, 3.63) is 0 Å². The van der Waals surface area contributed by atoms with Gasteiger partial charge in [-0.1, -0.05) is 12.8 Å². The average Bonchev–Trinajstić information content (AvgIpc) is 2.88. The number of nitrogens with one attached hydrogen (secondary N) is 1. The lowest BCUT2D eigenvalue weighted by atomic mass is 10.0. The highest BCUT2D eigenvalue weighted by Crippen LogP contribution is 2.49. The van der Waals surface area contributed by atoms with Crippen LogP contribution in [0.2, 0.25) is 0 Å². The molecule has 3 unspecified atom stereocenters. The fraction of sp³-hybridized carbons (Fsp3) is 1.00. The Morgan fingerprint density at radius 1 is 1.31 bits per heavy atom. The summed E-state index contributed by atoms with van der Waals surface area (Å²) in [5.74, 6) is 1.67. The van der Waals surface area contributed by atoms with Gasteiger partial charge in [0.15, 0.2) is 0 Å². The zero-order valence-corrected chi connectivity index (χ0v) is 7.88. The zero-order valence-electron chi connectivity index (χ0n) is 7.88. The third-order valence-corrected chi connectivity index (χ3v) is 3.42. The Kier molecular flexibility index (Phi) is 2.84. The van der Waals surface area contributed by atoms with E-state index in [4.69, 9.17) is 5.11 Å². The Labute approximate surface area is 78.5 Å². The summed E-state index contributed by atoms with van der Waals surface area (Å²) in [6.07, 6.45) is 4.56. The van der Waals surface area contributed by atoms with Gasteiger partial charge < -0.3 is 10.4 Å². The standard InChI is InChI=1S/C10H18FNO/c11-5-7(13)6-12-10-8-3-1-2-4-9(8)10/h7-10,12-13H,1-6H2. The van der Waals surface area contributed by atoms with Crippen molar-refractivity contribution >= 4 is 0 Å². The molecule has 2 saturated carbocycles. The Balaban J connectivity index is 1.67. The molecule has 2 fully saturated rings. The van der Waals surface area contributed by atoms with E-state index in [0.29, 0.717) is 12.6 Å². The second kappa shape index (κ2) is 3.93. The molecule has 2 aliphatic rings. The highest BCUT2D eigenvalue weighted by molar-refractivity contribution is 5.04. The molecule has 0 aromatic heterocycles. The summed E-state index contributed by atoms with van der Waals surface area (Å²) in [5.41, 5.74) is 0. The van der Waals surface area contributed by atoms with Crippen LogP contribution in [0.3, 0.4) is 0 Å². The molecule has 3 heteroatoms. The molecule has 2 aliphatic carbocycles. The van der Waals surface area contributed by atoms with Crippen molar-refractivity contribution in [2.75, 3.05) is 13.2 Å². The van der Waals surface area contributed by atoms with E-state index in [2.05, 4.69) is 5.32 Å². The zero-order chi connectivity index (χ0) is 9.26. The van der Waals surface area contributed by atoms with Crippen molar-refractivity contribution in [2.45, 2.75) is 37.8 Å². The lowest BCUT2D eigenvalue weighted by Gasteiger charge is -2.06. The quantitative estimate of drug-likeness (QED) is 0.690. The number of hydrogen-bond donors (Lipinski definition) is 2. The van der Waals surface area contributed by atoms with E-state index in [0.717, 1.165) is 11.8 Å². The first-order valence-electron chi connectivity index (χ1n) is 5.30. The van der Waals surface area contributed by atoms with E-state index in [1.165, 1.54) is 25.7 Å². The third-order valence-electron chi connectivity index (χ3n) is 3.42. The minimum Gasteiger partial charge on any atom is -0.389 e. The molecule has 0 aromatic rings. The Morgan fingerprint density at radius 3 is 2.46 bits per heavy atom. The summed E-state index contributed by atoms with van der Waals surface area (Å²) in [7, 11) is 0. The van der Waals surface area contributed by atoms with Crippen molar-refractivity contribution in [3.8, 4) is 0 Å². The van der Waals surface area contributed by atoms with Gasteiger partial charge in [0.05, 0.1) is 6.10 Å². The molecule has 0 bridgehead atoms. The molecule has 0 radical (unpaired) electrons. The first-order valence-corrected chi connectivity index (χ1v) is 5.30. The number of alkyl halides is 1. The van der Waals surface area contributed by atoms with E-state index in [1.54, 1.807) is 0 Å². The molecular weight excluding hydrogens is 169 g/mol. The second-order valence-electron chi connectivity index (χ2n) is 4.35. The smallest absolute Gasteiger partial charge is 0.117 e. The monoisotopic (exact) mass is 187 g/mol. The van der Waals surface area contributed by atoms with Gasteiger partial charge in [-0.3, -0.25) is 0 Å². The second-order valence-corrected chi connectivity index (χ2v) is 4.35. The molecule has 0 aliphatic heterocycles. The van der Waals surface area contributed by atoms with Gasteiger partial charge in [0, 0.05) is 12.6 Å². The highest BCUT2D eigenvalue weighted by Gasteiger charge is 2.50. The van der Waals surface area contributed by atoms with Gasteiger partial charge in [-0.2, -0.15) is 0 Å². The Morgan fingerprint density at radius 2 is 1.92 bits per heavy atom. The summed E-state index contributed by atoms with van der Waals surface area (Å²) in [6, 6.07) is 0.587. The van der Waals surface area contributed by atoms with Crippen molar-refractivity contribution in [1.29, 1.82) is 0 Å². The normalized spacial score (nSPS) is 39.7. The molecule has 0 saturated heterocycles. The maximum atomic E-state index is 11.9. The lowest BCUT2D eigenvalue weighted by Crippen LogP contribution is -2.31. The van der Waals surface area contributed by atoms with Crippen molar-refractivity contribution in [3.63, 3.8) is 0 Å². The number of aliphatic hydroxyl groups excluding tert-OH is 1. The van der Waals surface area contributed by atoms with Crippen LogP contribution in [0.1, 0.15) is 25.7 Å². The molecule has 3 atom stereocenters. The number of aliphatic hydroxyl groups is 1. The van der Waals surface area contributed by atoms with Crippen LogP contribution in [0.4, 0.5) is 4.39 Å². The molecule has 13 heavy (non-hydrogen) atoms. The molecule has 2 rings (SSSR count). The molecule has 0 spiro atoms. The number of rotatable bonds is 4. The first-order chi connectivity index (χ1) is 6.33. The third kappa shape index (κ3) is 2.02. The number of fused-ring (bicyclic) bond motifs is 1.